The van der Waals surface area contributed by atoms with Gasteiger partial charge in [0.25, 0.3) is 0 Å². The summed E-state index contributed by atoms with van der Waals surface area (Å²) in [6.07, 6.45) is -1.48. The molecule has 1 aliphatic heterocycles. The highest BCUT2D eigenvalue weighted by Crippen LogP contribution is 2.33. The topological polar surface area (TPSA) is 45.7 Å². The van der Waals surface area contributed by atoms with Crippen molar-refractivity contribution in [1.29, 1.82) is 0 Å². The third kappa shape index (κ3) is 5.89. The predicted octanol–water partition coefficient (Wildman–Crippen LogP) is 4.98. The zero-order valence-corrected chi connectivity index (χ0v) is 16.7. The molecule has 0 bridgehead atoms. The monoisotopic (exact) mass is 407 g/mol. The average molecular weight is 408 g/mol. The number of hydrogen-bond acceptors (Lipinski definition) is 4. The summed E-state index contributed by atoms with van der Waals surface area (Å²) in [6.45, 7) is 6.41. The fraction of sp³-hybridized carbons (Fsp3) is 0.667. The number of rotatable bonds is 3. The van der Waals surface area contributed by atoms with Crippen LogP contribution in [0.2, 0.25) is 5.02 Å². The quantitative estimate of drug-likeness (QED) is 0.709. The zero-order chi connectivity index (χ0) is 20.4. The molecule has 1 aromatic heterocycles. The molecule has 5 nitrogen and oxygen atoms in total. The summed E-state index contributed by atoms with van der Waals surface area (Å²) < 4.78 is 43.8. The molecule has 0 N–H and O–H groups in total. The van der Waals surface area contributed by atoms with Gasteiger partial charge in [0.2, 0.25) is 0 Å². The van der Waals surface area contributed by atoms with Crippen LogP contribution in [0.4, 0.5) is 23.8 Å². The number of aromatic nitrogens is 1. The van der Waals surface area contributed by atoms with E-state index < -0.39 is 17.3 Å². The minimum absolute atomic E-state index is 0.0769. The number of anilines is 1. The summed E-state index contributed by atoms with van der Waals surface area (Å²) in [5.41, 5.74) is -1.48. The molecule has 0 spiro atoms. The molecule has 0 aliphatic carbocycles. The molecule has 1 amide bonds. The summed E-state index contributed by atoms with van der Waals surface area (Å²) in [5.74, 6) is 0.249. The fourth-order valence-corrected chi connectivity index (χ4v) is 3.33. The van der Waals surface area contributed by atoms with Crippen LogP contribution < -0.4 is 4.90 Å². The van der Waals surface area contributed by atoms with E-state index in [4.69, 9.17) is 16.3 Å². The molecule has 152 valence electrons. The Bertz CT molecular complexity index is 677. The van der Waals surface area contributed by atoms with Gasteiger partial charge >= 0.3 is 12.3 Å². The molecule has 9 heteroatoms. The van der Waals surface area contributed by atoms with Gasteiger partial charge in [0.1, 0.15) is 11.4 Å². The van der Waals surface area contributed by atoms with Crippen LogP contribution in [0.1, 0.15) is 45.6 Å². The first-order chi connectivity index (χ1) is 12.4. The van der Waals surface area contributed by atoms with E-state index in [1.54, 1.807) is 16.8 Å². The van der Waals surface area contributed by atoms with Crippen LogP contribution >= 0.6 is 11.6 Å². The van der Waals surface area contributed by atoms with Gasteiger partial charge in [-0.2, -0.15) is 13.2 Å². The molecule has 2 heterocycles. The third-order valence-corrected chi connectivity index (χ3v) is 4.53. The van der Waals surface area contributed by atoms with Crippen LogP contribution in [0.5, 0.6) is 0 Å². The van der Waals surface area contributed by atoms with Gasteiger partial charge < -0.3 is 14.5 Å². The predicted molar refractivity (Wildman–Crippen MR) is 98.1 cm³/mol. The van der Waals surface area contributed by atoms with Crippen molar-refractivity contribution in [3.05, 3.63) is 22.8 Å². The molecule has 1 aliphatic rings. The number of carbonyl (C=O) groups is 1. The SMILES string of the molecule is CN(C[C@@H]1CCCCN1C(=O)OC(C)(C)C)c1ncc(C(F)(F)F)cc1Cl. The highest BCUT2D eigenvalue weighted by atomic mass is 35.5. The normalized spacial score (nSPS) is 18.4. The lowest BCUT2D eigenvalue weighted by atomic mass is 10.0. The van der Waals surface area contributed by atoms with Crippen LogP contribution in [0, 0.1) is 0 Å². The lowest BCUT2D eigenvalue weighted by molar-refractivity contribution is -0.137. The number of alkyl halides is 3. The Morgan fingerprint density at radius 2 is 2.04 bits per heavy atom. The number of carbonyl (C=O) groups excluding carboxylic acids is 1. The van der Waals surface area contributed by atoms with Crippen molar-refractivity contribution in [1.82, 2.24) is 9.88 Å². The molecule has 1 atom stereocenters. The Morgan fingerprint density at radius 1 is 1.37 bits per heavy atom. The average Bonchev–Trinajstić information content (AvgIpc) is 2.52. The van der Waals surface area contributed by atoms with Gasteiger partial charge in [-0.1, -0.05) is 11.6 Å². The van der Waals surface area contributed by atoms with Crippen LogP contribution in [-0.4, -0.2) is 47.8 Å². The number of likely N-dealkylation sites (tertiary alicyclic amines) is 1. The number of nitrogens with zero attached hydrogens (tertiary/aromatic N) is 3. The van der Waals surface area contributed by atoms with Crippen molar-refractivity contribution in [3.8, 4) is 0 Å². The minimum Gasteiger partial charge on any atom is -0.444 e. The molecule has 1 aromatic rings. The molecule has 2 rings (SSSR count). The maximum absolute atomic E-state index is 12.8. The molecule has 1 saturated heterocycles. The Balaban J connectivity index is 2.12. The van der Waals surface area contributed by atoms with Crippen molar-refractivity contribution in [2.75, 3.05) is 25.0 Å². The van der Waals surface area contributed by atoms with Crippen molar-refractivity contribution in [3.63, 3.8) is 0 Å². The van der Waals surface area contributed by atoms with E-state index in [-0.39, 0.29) is 23.0 Å². The number of likely N-dealkylation sites (N-methyl/N-ethyl adjacent to an activating group) is 1. The molecular weight excluding hydrogens is 383 g/mol. The van der Waals surface area contributed by atoms with Gasteiger partial charge in [0, 0.05) is 26.3 Å². The van der Waals surface area contributed by atoms with Gasteiger partial charge in [-0.25, -0.2) is 9.78 Å². The second kappa shape index (κ2) is 8.12. The summed E-state index contributed by atoms with van der Waals surface area (Å²) >= 11 is 6.02. The third-order valence-electron chi connectivity index (χ3n) is 4.25. The second-order valence-corrected chi connectivity index (χ2v) is 8.14. The summed E-state index contributed by atoms with van der Waals surface area (Å²) in [5, 5.41) is -0.0769. The van der Waals surface area contributed by atoms with E-state index in [0.717, 1.165) is 31.5 Å². The molecule has 0 aromatic carbocycles. The smallest absolute Gasteiger partial charge is 0.417 e. The molecule has 1 fully saturated rings. The standard InChI is InChI=1S/C18H25ClF3N3O2/c1-17(2,3)27-16(26)25-8-6-5-7-13(25)11-24(4)15-14(19)9-12(10-23-15)18(20,21)22/h9-10,13H,5-8,11H2,1-4H3/t13-/m0/s1. The van der Waals surface area contributed by atoms with E-state index in [0.29, 0.717) is 13.1 Å². The summed E-state index contributed by atoms with van der Waals surface area (Å²) in [6, 6.07) is 0.742. The van der Waals surface area contributed by atoms with E-state index >= 15 is 0 Å². The van der Waals surface area contributed by atoms with Gasteiger partial charge in [0.05, 0.1) is 16.6 Å². The molecule has 27 heavy (non-hydrogen) atoms. The van der Waals surface area contributed by atoms with Gasteiger partial charge in [-0.3, -0.25) is 0 Å². The van der Waals surface area contributed by atoms with E-state index in [2.05, 4.69) is 4.98 Å². The molecule has 0 radical (unpaired) electrons. The van der Waals surface area contributed by atoms with Gasteiger partial charge in [-0.15, -0.1) is 0 Å². The lowest BCUT2D eigenvalue weighted by Gasteiger charge is -2.38. The van der Waals surface area contributed by atoms with E-state index in [1.165, 1.54) is 0 Å². The van der Waals surface area contributed by atoms with Gasteiger partial charge in [0.15, 0.2) is 0 Å². The fourth-order valence-electron chi connectivity index (χ4n) is 3.02. The molecule has 0 unspecified atom stereocenters. The summed E-state index contributed by atoms with van der Waals surface area (Å²) in [7, 11) is 1.70. The van der Waals surface area contributed by atoms with Crippen LogP contribution in [0.3, 0.4) is 0 Å². The molecular formula is C18H25ClF3N3O2. The van der Waals surface area contributed by atoms with Crippen LogP contribution in [-0.2, 0) is 10.9 Å². The van der Waals surface area contributed by atoms with Crippen molar-refractivity contribution in [2.45, 2.75) is 57.9 Å². The number of piperidine rings is 1. The number of hydrogen-bond donors (Lipinski definition) is 0. The Kier molecular flexibility index (Phi) is 6.50. The number of ether oxygens (including phenoxy) is 1. The first-order valence-corrected chi connectivity index (χ1v) is 9.20. The van der Waals surface area contributed by atoms with Crippen molar-refractivity contribution < 1.29 is 22.7 Å². The zero-order valence-electron chi connectivity index (χ0n) is 15.9. The number of amides is 1. The van der Waals surface area contributed by atoms with Crippen LogP contribution in [0.25, 0.3) is 0 Å². The van der Waals surface area contributed by atoms with E-state index in [9.17, 15) is 18.0 Å². The molecule has 0 saturated carbocycles. The maximum Gasteiger partial charge on any atom is 0.417 e. The Hall–Kier alpha value is -1.70. The van der Waals surface area contributed by atoms with E-state index in [1.807, 2.05) is 20.8 Å². The Labute approximate surface area is 162 Å². The van der Waals surface area contributed by atoms with Crippen molar-refractivity contribution >= 4 is 23.5 Å². The minimum atomic E-state index is -4.50. The first kappa shape index (κ1) is 21.6. The van der Waals surface area contributed by atoms with Gasteiger partial charge in [-0.05, 0) is 46.1 Å². The highest BCUT2D eigenvalue weighted by molar-refractivity contribution is 6.33. The number of pyridine rings is 1. The second-order valence-electron chi connectivity index (χ2n) is 7.73. The largest absolute Gasteiger partial charge is 0.444 e. The van der Waals surface area contributed by atoms with Crippen molar-refractivity contribution in [2.24, 2.45) is 0 Å². The maximum atomic E-state index is 12.8. The lowest BCUT2D eigenvalue weighted by Crippen LogP contribution is -2.50. The Morgan fingerprint density at radius 3 is 2.59 bits per heavy atom. The highest BCUT2D eigenvalue weighted by Gasteiger charge is 2.33. The van der Waals surface area contributed by atoms with Crippen LogP contribution in [0.15, 0.2) is 12.3 Å². The summed E-state index contributed by atoms with van der Waals surface area (Å²) in [4.78, 5) is 19.7. The first-order valence-electron chi connectivity index (χ1n) is 8.82. The number of halogens is 4.